The van der Waals surface area contributed by atoms with E-state index in [9.17, 15) is 21.6 Å². The van der Waals surface area contributed by atoms with Gasteiger partial charge in [-0.3, -0.25) is 0 Å². The van der Waals surface area contributed by atoms with E-state index in [1.807, 2.05) is 31.2 Å². The number of halogens is 3. The van der Waals surface area contributed by atoms with Gasteiger partial charge in [0.2, 0.25) is 10.0 Å². The summed E-state index contributed by atoms with van der Waals surface area (Å²) in [6.45, 7) is 4.24. The quantitative estimate of drug-likeness (QED) is 0.668. The topological polar surface area (TPSA) is 109 Å². The molecule has 0 unspecified atom stereocenters. The minimum absolute atomic E-state index is 0.0230. The standard InChI is InChI=1S/C19H23N3O3S.C2HF3O2/c1-14-5-4-6-16(9-14)26(23,24)22-11-17-15(13-25-18(17)12-22)10-21-19-7-2-3-8-20-19;3-2(4,5)1(6)7/h2-9,15,17-18H,10-13H2,1H3,(H,20,21);(H,6,7)/t15-,17+,18+;/m0./s1. The van der Waals surface area contributed by atoms with Crippen molar-refractivity contribution in [2.75, 3.05) is 31.6 Å². The van der Waals surface area contributed by atoms with E-state index in [1.54, 1.807) is 28.7 Å². The molecule has 3 atom stereocenters. The van der Waals surface area contributed by atoms with Gasteiger partial charge in [-0.2, -0.15) is 17.5 Å². The molecule has 2 aromatic rings. The third-order valence-corrected chi connectivity index (χ3v) is 7.31. The number of alkyl halides is 3. The second-order valence-corrected chi connectivity index (χ2v) is 9.77. The number of aromatic nitrogens is 1. The maximum absolute atomic E-state index is 12.9. The third kappa shape index (κ3) is 6.21. The summed E-state index contributed by atoms with van der Waals surface area (Å²) in [6, 6.07) is 12.8. The van der Waals surface area contributed by atoms with Gasteiger partial charge in [0.25, 0.3) is 0 Å². The van der Waals surface area contributed by atoms with Crippen LogP contribution < -0.4 is 5.32 Å². The molecule has 2 saturated heterocycles. The average Bonchev–Trinajstić information content (AvgIpc) is 3.34. The van der Waals surface area contributed by atoms with Crippen LogP contribution in [0.15, 0.2) is 53.6 Å². The van der Waals surface area contributed by atoms with Crippen molar-refractivity contribution in [1.82, 2.24) is 9.29 Å². The second kappa shape index (κ2) is 10.1. The van der Waals surface area contributed by atoms with Gasteiger partial charge in [-0.25, -0.2) is 18.2 Å². The van der Waals surface area contributed by atoms with E-state index in [4.69, 9.17) is 14.6 Å². The Hall–Kier alpha value is -2.70. The fourth-order valence-corrected chi connectivity index (χ4v) is 5.39. The lowest BCUT2D eigenvalue weighted by Gasteiger charge is -2.20. The highest BCUT2D eigenvalue weighted by Gasteiger charge is 2.47. The number of pyridine rings is 1. The van der Waals surface area contributed by atoms with Crippen LogP contribution in [0.4, 0.5) is 19.0 Å². The predicted molar refractivity (Wildman–Crippen MR) is 113 cm³/mol. The van der Waals surface area contributed by atoms with Gasteiger partial charge in [-0.1, -0.05) is 18.2 Å². The van der Waals surface area contributed by atoms with Gasteiger partial charge in [-0.15, -0.1) is 0 Å². The van der Waals surface area contributed by atoms with Crippen molar-refractivity contribution in [2.45, 2.75) is 24.1 Å². The summed E-state index contributed by atoms with van der Waals surface area (Å²) in [4.78, 5) is 13.5. The number of carboxylic acids is 1. The van der Waals surface area contributed by atoms with Crippen LogP contribution in [-0.2, 0) is 19.6 Å². The lowest BCUT2D eigenvalue weighted by atomic mass is 9.93. The van der Waals surface area contributed by atoms with Crippen LogP contribution in [0.1, 0.15) is 5.56 Å². The number of hydrogen-bond donors (Lipinski definition) is 2. The fraction of sp³-hybridized carbons (Fsp3) is 0.429. The van der Waals surface area contributed by atoms with E-state index in [0.29, 0.717) is 24.6 Å². The summed E-state index contributed by atoms with van der Waals surface area (Å²) in [7, 11) is -3.47. The van der Waals surface area contributed by atoms with Crippen molar-refractivity contribution in [2.24, 2.45) is 11.8 Å². The number of aliphatic carboxylic acids is 1. The van der Waals surface area contributed by atoms with E-state index in [0.717, 1.165) is 17.9 Å². The lowest BCUT2D eigenvalue weighted by molar-refractivity contribution is -0.192. The first kappa shape index (κ1) is 24.9. The van der Waals surface area contributed by atoms with Crippen LogP contribution in [0.2, 0.25) is 0 Å². The van der Waals surface area contributed by atoms with Crippen molar-refractivity contribution in [1.29, 1.82) is 0 Å². The summed E-state index contributed by atoms with van der Waals surface area (Å²) in [5, 5.41) is 10.5. The molecule has 0 amide bonds. The molecule has 1 aromatic carbocycles. The molecule has 0 spiro atoms. The van der Waals surface area contributed by atoms with Gasteiger partial charge in [0, 0.05) is 37.7 Å². The van der Waals surface area contributed by atoms with Crippen LogP contribution in [-0.4, -0.2) is 67.3 Å². The number of rotatable bonds is 5. The number of aryl methyl sites for hydroxylation is 1. The van der Waals surface area contributed by atoms with Gasteiger partial charge >= 0.3 is 12.1 Å². The zero-order valence-corrected chi connectivity index (χ0v) is 18.5. The Morgan fingerprint density at radius 2 is 1.97 bits per heavy atom. The highest BCUT2D eigenvalue weighted by atomic mass is 32.2. The number of sulfonamides is 1. The molecular weight excluding hydrogens is 463 g/mol. The van der Waals surface area contributed by atoms with Crippen LogP contribution in [0.5, 0.6) is 0 Å². The predicted octanol–water partition coefficient (Wildman–Crippen LogP) is 2.77. The molecule has 0 saturated carbocycles. The molecule has 0 aliphatic carbocycles. The number of carboxylic acid groups (broad SMARTS) is 1. The molecule has 12 heteroatoms. The summed E-state index contributed by atoms with van der Waals surface area (Å²) < 4.78 is 65.1. The summed E-state index contributed by atoms with van der Waals surface area (Å²) in [5.74, 6) is -1.43. The smallest absolute Gasteiger partial charge is 0.475 e. The highest BCUT2D eigenvalue weighted by molar-refractivity contribution is 7.89. The third-order valence-electron chi connectivity index (χ3n) is 5.49. The maximum Gasteiger partial charge on any atom is 0.490 e. The summed E-state index contributed by atoms with van der Waals surface area (Å²) >= 11 is 0. The minimum atomic E-state index is -5.08. The molecule has 3 heterocycles. The van der Waals surface area contributed by atoms with Crippen molar-refractivity contribution in [3.05, 3.63) is 54.2 Å². The molecule has 0 radical (unpaired) electrons. The van der Waals surface area contributed by atoms with Crippen molar-refractivity contribution in [3.63, 3.8) is 0 Å². The molecule has 1 aromatic heterocycles. The normalized spacial score (nSPS) is 22.8. The van der Waals surface area contributed by atoms with E-state index in [2.05, 4.69) is 10.3 Å². The highest BCUT2D eigenvalue weighted by Crippen LogP contribution is 2.36. The van der Waals surface area contributed by atoms with Crippen molar-refractivity contribution in [3.8, 4) is 0 Å². The fourth-order valence-electron chi connectivity index (χ4n) is 3.80. The zero-order chi connectivity index (χ0) is 24.2. The Morgan fingerprint density at radius 3 is 2.58 bits per heavy atom. The number of anilines is 1. The van der Waals surface area contributed by atoms with Gasteiger partial charge in [0.05, 0.1) is 17.6 Å². The van der Waals surface area contributed by atoms with Crippen molar-refractivity contribution >= 4 is 21.8 Å². The number of benzene rings is 1. The molecule has 2 aliphatic rings. The summed E-state index contributed by atoms with van der Waals surface area (Å²) in [5.41, 5.74) is 0.944. The minimum Gasteiger partial charge on any atom is -0.475 e. The average molecular weight is 488 g/mol. The SMILES string of the molecule is Cc1cccc(S(=O)(=O)N2C[C@@H]3[C@@H](CNc4ccccn4)CO[C@@H]3C2)c1.O=C(O)C(F)(F)F. The van der Waals surface area contributed by atoms with E-state index >= 15 is 0 Å². The molecular formula is C21H24F3N3O5S. The largest absolute Gasteiger partial charge is 0.490 e. The first-order valence-electron chi connectivity index (χ1n) is 10.1. The van der Waals surface area contributed by atoms with Gasteiger partial charge in [-0.05, 0) is 36.8 Å². The number of ether oxygens (including phenoxy) is 1. The van der Waals surface area contributed by atoms with Gasteiger partial charge in [0.15, 0.2) is 0 Å². The van der Waals surface area contributed by atoms with Crippen molar-refractivity contribution < 1.29 is 36.2 Å². The van der Waals surface area contributed by atoms with Crippen LogP contribution in [0.3, 0.4) is 0 Å². The van der Waals surface area contributed by atoms with Crippen LogP contribution in [0.25, 0.3) is 0 Å². The van der Waals surface area contributed by atoms with Gasteiger partial charge in [0.1, 0.15) is 5.82 Å². The Bertz CT molecular complexity index is 1070. The molecule has 0 bridgehead atoms. The lowest BCUT2D eigenvalue weighted by Crippen LogP contribution is -2.32. The number of hydrogen-bond acceptors (Lipinski definition) is 6. The molecule has 180 valence electrons. The van der Waals surface area contributed by atoms with Crippen LogP contribution >= 0.6 is 0 Å². The first-order chi connectivity index (χ1) is 15.5. The Kier molecular flexibility index (Phi) is 7.60. The van der Waals surface area contributed by atoms with E-state index in [-0.39, 0.29) is 17.9 Å². The second-order valence-electron chi connectivity index (χ2n) is 7.83. The molecule has 2 fully saturated rings. The maximum atomic E-state index is 12.9. The zero-order valence-electron chi connectivity index (χ0n) is 17.7. The monoisotopic (exact) mass is 487 g/mol. The Morgan fingerprint density at radius 1 is 1.24 bits per heavy atom. The molecule has 2 N–H and O–H groups in total. The van der Waals surface area contributed by atoms with E-state index in [1.165, 1.54) is 0 Å². The molecule has 4 rings (SSSR count). The molecule has 2 aliphatic heterocycles. The molecule has 8 nitrogen and oxygen atoms in total. The number of nitrogens with zero attached hydrogens (tertiary/aromatic N) is 2. The number of fused-ring (bicyclic) bond motifs is 1. The Labute approximate surface area is 189 Å². The number of carbonyl (C=O) groups is 1. The summed E-state index contributed by atoms with van der Waals surface area (Å²) in [6.07, 6.45) is -3.35. The molecule has 33 heavy (non-hydrogen) atoms. The number of nitrogens with one attached hydrogen (secondary N) is 1. The first-order valence-corrected chi connectivity index (χ1v) is 11.6. The van der Waals surface area contributed by atoms with Gasteiger partial charge < -0.3 is 15.2 Å². The Balaban J connectivity index is 0.000000383. The van der Waals surface area contributed by atoms with E-state index < -0.39 is 22.2 Å². The van der Waals surface area contributed by atoms with Crippen LogP contribution in [0, 0.1) is 18.8 Å².